The molecule has 1 aromatic rings. The molecule has 0 aliphatic carbocycles. The molecule has 0 spiro atoms. The van der Waals surface area contributed by atoms with Crippen LogP contribution < -0.4 is 4.74 Å². The van der Waals surface area contributed by atoms with Gasteiger partial charge in [0.1, 0.15) is 21.4 Å². The van der Waals surface area contributed by atoms with E-state index in [-0.39, 0.29) is 0 Å². The van der Waals surface area contributed by atoms with Crippen molar-refractivity contribution in [3.05, 3.63) is 23.8 Å². The van der Waals surface area contributed by atoms with Crippen LogP contribution >= 0.6 is 12.6 Å². The molecule has 1 N–H and O–H groups in total. The molecule has 1 heterocycles. The molecule has 2 rings (SSSR count). The van der Waals surface area contributed by atoms with Crippen LogP contribution in [0.4, 0.5) is 0 Å². The third-order valence-electron chi connectivity index (χ3n) is 3.21. The topological polar surface area (TPSA) is 38.7 Å². The maximum absolute atomic E-state index is 9.75. The van der Waals surface area contributed by atoms with E-state index in [1.54, 1.807) is 18.2 Å². The van der Waals surface area contributed by atoms with Crippen LogP contribution in [0.2, 0.25) is 0 Å². The van der Waals surface area contributed by atoms with E-state index in [1.807, 2.05) is 0 Å². The first-order valence-electron chi connectivity index (χ1n) is 6.31. The molecule has 0 saturated carbocycles. The van der Waals surface area contributed by atoms with E-state index in [9.17, 15) is 5.11 Å². The highest BCUT2D eigenvalue weighted by Gasteiger charge is 2.21. The first kappa shape index (κ1) is 14.8. The summed E-state index contributed by atoms with van der Waals surface area (Å²) in [5, 5.41) is 7.83. The fourth-order valence-electron chi connectivity index (χ4n) is 2.08. The largest absolute Gasteiger partial charge is 0.493 e. The van der Waals surface area contributed by atoms with Crippen molar-refractivity contribution in [3.63, 3.8) is 0 Å². The fourth-order valence-corrected chi connectivity index (χ4v) is 2.28. The summed E-state index contributed by atoms with van der Waals surface area (Å²) < 4.78 is 11.0. The van der Waals surface area contributed by atoms with Gasteiger partial charge in [0.15, 0.2) is 0 Å². The zero-order valence-electron chi connectivity index (χ0n) is 10.7. The molecule has 0 aromatic heterocycles. The molecule has 1 saturated heterocycles. The van der Waals surface area contributed by atoms with Crippen molar-refractivity contribution in [3.8, 4) is 5.75 Å². The molecule has 3 nitrogen and oxygen atoms in total. The molecule has 6 heteroatoms. The van der Waals surface area contributed by atoms with E-state index < -0.39 is 5.40 Å². The fraction of sp³-hybridized carbons (Fsp3) is 0.538. The Morgan fingerprint density at radius 3 is 2.68 bits per heavy atom. The van der Waals surface area contributed by atoms with Crippen LogP contribution in [0.15, 0.2) is 23.1 Å². The molecular weight excluding hydrogens is 258 g/mol. The Labute approximate surface area is 121 Å². The summed E-state index contributed by atoms with van der Waals surface area (Å²) in [5.41, 5.74) is 0.340. The Morgan fingerprint density at radius 2 is 2.05 bits per heavy atom. The van der Waals surface area contributed by atoms with E-state index in [0.29, 0.717) is 28.7 Å². The van der Waals surface area contributed by atoms with Crippen molar-refractivity contribution in [2.45, 2.75) is 23.1 Å². The molecule has 0 bridgehead atoms. The van der Waals surface area contributed by atoms with E-state index in [0.717, 1.165) is 26.1 Å². The number of rotatable bonds is 4. The second kappa shape index (κ2) is 6.25. The van der Waals surface area contributed by atoms with Gasteiger partial charge < -0.3 is 14.6 Å². The lowest BCUT2D eigenvalue weighted by Crippen LogP contribution is -2.28. The summed E-state index contributed by atoms with van der Waals surface area (Å²) in [6.45, 7) is 2.11. The van der Waals surface area contributed by atoms with Crippen molar-refractivity contribution in [1.29, 1.82) is 0 Å². The van der Waals surface area contributed by atoms with Crippen LogP contribution in [-0.4, -0.2) is 40.6 Å². The lowest BCUT2D eigenvalue weighted by Gasteiger charge is -2.26. The van der Waals surface area contributed by atoms with Gasteiger partial charge >= 0.3 is 0 Å². The van der Waals surface area contributed by atoms with Crippen molar-refractivity contribution in [2.75, 3.05) is 19.8 Å². The molecule has 4 radical (unpaired) electrons. The summed E-state index contributed by atoms with van der Waals surface area (Å²) in [5.74, 6) is 0.956. The SMILES string of the molecule is [B]C([B])(O)c1cc(S)ccc1OCC1CCOCC1. The number of thiol groups is 1. The standard InChI is InChI=1S/C13H16B2O3S/c14-13(15,16)11-7-10(19)1-2-12(11)18-8-9-3-5-17-6-4-9/h1-2,7,9,16,19H,3-6,8H2. The average molecular weight is 274 g/mol. The van der Waals surface area contributed by atoms with Gasteiger partial charge in [-0.1, -0.05) is 0 Å². The minimum Gasteiger partial charge on any atom is -0.493 e. The monoisotopic (exact) mass is 274 g/mol. The summed E-state index contributed by atoms with van der Waals surface area (Å²) in [6.07, 6.45) is 1.96. The summed E-state index contributed by atoms with van der Waals surface area (Å²) in [4.78, 5) is 0.669. The highest BCUT2D eigenvalue weighted by Crippen LogP contribution is 2.29. The molecule has 1 fully saturated rings. The van der Waals surface area contributed by atoms with Gasteiger partial charge in [0.25, 0.3) is 0 Å². The van der Waals surface area contributed by atoms with Gasteiger partial charge in [-0.25, -0.2) is 0 Å². The molecule has 1 aliphatic rings. The summed E-state index contributed by atoms with van der Waals surface area (Å²) >= 11 is 4.21. The van der Waals surface area contributed by atoms with Crippen LogP contribution in [0.25, 0.3) is 0 Å². The van der Waals surface area contributed by atoms with Gasteiger partial charge in [0.2, 0.25) is 0 Å². The second-order valence-electron chi connectivity index (χ2n) is 4.87. The van der Waals surface area contributed by atoms with Gasteiger partial charge in [-0.15, -0.1) is 12.6 Å². The summed E-state index contributed by atoms with van der Waals surface area (Å²) in [6, 6.07) is 5.11. The van der Waals surface area contributed by atoms with Gasteiger partial charge in [-0.3, -0.25) is 0 Å². The van der Waals surface area contributed by atoms with Crippen LogP contribution in [0.3, 0.4) is 0 Å². The van der Waals surface area contributed by atoms with Gasteiger partial charge in [-0.05, 0) is 37.0 Å². The third-order valence-corrected chi connectivity index (χ3v) is 3.49. The molecule has 0 unspecified atom stereocenters. The van der Waals surface area contributed by atoms with E-state index in [2.05, 4.69) is 12.6 Å². The maximum Gasteiger partial charge on any atom is 0.123 e. The lowest BCUT2D eigenvalue weighted by molar-refractivity contribution is 0.0492. The van der Waals surface area contributed by atoms with Gasteiger partial charge in [0, 0.05) is 29.1 Å². The molecule has 19 heavy (non-hydrogen) atoms. The van der Waals surface area contributed by atoms with Crippen LogP contribution in [0.5, 0.6) is 5.75 Å². The minimum atomic E-state index is -1.93. The Balaban J connectivity index is 2.06. The molecule has 98 valence electrons. The predicted octanol–water partition coefficient (Wildman–Crippen LogP) is 1.22. The summed E-state index contributed by atoms with van der Waals surface area (Å²) in [7, 11) is 11.1. The van der Waals surface area contributed by atoms with E-state index >= 15 is 0 Å². The first-order valence-corrected chi connectivity index (χ1v) is 6.75. The molecule has 1 aromatic carbocycles. The Morgan fingerprint density at radius 1 is 1.37 bits per heavy atom. The second-order valence-corrected chi connectivity index (χ2v) is 5.39. The van der Waals surface area contributed by atoms with Crippen molar-refractivity contribution < 1.29 is 14.6 Å². The van der Waals surface area contributed by atoms with Crippen molar-refractivity contribution >= 4 is 28.3 Å². The number of hydrogen-bond acceptors (Lipinski definition) is 4. The van der Waals surface area contributed by atoms with Crippen molar-refractivity contribution in [2.24, 2.45) is 5.92 Å². The lowest BCUT2D eigenvalue weighted by atomic mass is 9.61. The highest BCUT2D eigenvalue weighted by molar-refractivity contribution is 7.80. The molecular formula is C13H16B2O3S. The zero-order valence-corrected chi connectivity index (χ0v) is 11.6. The van der Waals surface area contributed by atoms with Crippen LogP contribution in [0, 0.1) is 5.92 Å². The molecule has 0 amide bonds. The van der Waals surface area contributed by atoms with Crippen LogP contribution in [0.1, 0.15) is 18.4 Å². The number of benzene rings is 1. The first-order chi connectivity index (χ1) is 8.97. The predicted molar refractivity (Wildman–Crippen MR) is 78.1 cm³/mol. The zero-order chi connectivity index (χ0) is 13.9. The van der Waals surface area contributed by atoms with Gasteiger partial charge in [0.05, 0.1) is 6.61 Å². The highest BCUT2D eigenvalue weighted by atomic mass is 32.1. The van der Waals surface area contributed by atoms with Crippen molar-refractivity contribution in [1.82, 2.24) is 0 Å². The number of aliphatic hydroxyl groups is 1. The maximum atomic E-state index is 9.75. The average Bonchev–Trinajstić information content (AvgIpc) is 2.37. The Hall–Kier alpha value is -0.580. The molecule has 0 atom stereocenters. The number of ether oxygens (including phenoxy) is 2. The van der Waals surface area contributed by atoms with E-state index in [4.69, 9.17) is 25.2 Å². The Kier molecular flexibility index (Phi) is 4.87. The number of hydrogen-bond donors (Lipinski definition) is 2. The molecule has 1 aliphatic heterocycles. The van der Waals surface area contributed by atoms with E-state index in [1.165, 1.54) is 0 Å². The Bertz CT molecular complexity index is 428. The normalized spacial score (nSPS) is 17.4. The smallest absolute Gasteiger partial charge is 0.123 e. The van der Waals surface area contributed by atoms with Crippen LogP contribution in [-0.2, 0) is 10.1 Å². The van der Waals surface area contributed by atoms with Gasteiger partial charge in [-0.2, -0.15) is 0 Å². The quantitative estimate of drug-likeness (QED) is 0.640. The minimum absolute atomic E-state index is 0.340. The third kappa shape index (κ3) is 4.20.